The number of rotatable bonds is 5. The summed E-state index contributed by atoms with van der Waals surface area (Å²) in [5.74, 6) is 1.28. The molecule has 0 aliphatic carbocycles. The van der Waals surface area contributed by atoms with Gasteiger partial charge in [-0.05, 0) is 17.7 Å². The van der Waals surface area contributed by atoms with E-state index in [1.165, 1.54) is 6.33 Å². The van der Waals surface area contributed by atoms with E-state index in [0.717, 1.165) is 11.3 Å². The lowest BCUT2D eigenvalue weighted by Gasteiger charge is -2.09. The number of hydrogen-bond acceptors (Lipinski definition) is 6. The van der Waals surface area contributed by atoms with Gasteiger partial charge >= 0.3 is 0 Å². The van der Waals surface area contributed by atoms with Crippen LogP contribution in [-0.4, -0.2) is 35.2 Å². The number of aromatic nitrogens is 7. The van der Waals surface area contributed by atoms with Gasteiger partial charge < -0.3 is 4.74 Å². The zero-order valence-corrected chi connectivity index (χ0v) is 12.1. The fourth-order valence-corrected chi connectivity index (χ4v) is 2.34. The van der Waals surface area contributed by atoms with Crippen molar-refractivity contribution >= 4 is 5.65 Å². The first-order valence-electron chi connectivity index (χ1n) is 7.11. The highest BCUT2D eigenvalue weighted by Crippen LogP contribution is 2.21. The van der Waals surface area contributed by atoms with Gasteiger partial charge in [-0.2, -0.15) is 10.3 Å². The lowest BCUT2D eigenvalue weighted by Crippen LogP contribution is -2.04. The van der Waals surface area contributed by atoms with Gasteiger partial charge in [0.05, 0.1) is 12.1 Å². The van der Waals surface area contributed by atoms with Crippen molar-refractivity contribution in [1.82, 2.24) is 35.2 Å². The maximum Gasteiger partial charge on any atom is 0.198 e. The third kappa shape index (κ3) is 2.73. The summed E-state index contributed by atoms with van der Waals surface area (Å²) in [7, 11) is 0. The molecule has 3 heterocycles. The van der Waals surface area contributed by atoms with Gasteiger partial charge in [-0.25, -0.2) is 9.50 Å². The maximum absolute atomic E-state index is 5.88. The van der Waals surface area contributed by atoms with Gasteiger partial charge in [0.1, 0.15) is 12.9 Å². The van der Waals surface area contributed by atoms with Gasteiger partial charge in [-0.1, -0.05) is 35.5 Å². The third-order valence-electron chi connectivity index (χ3n) is 3.43. The molecule has 0 atom stereocenters. The average Bonchev–Trinajstić information content (AvgIpc) is 3.26. The van der Waals surface area contributed by atoms with Crippen LogP contribution in [0.25, 0.3) is 5.65 Å². The molecule has 0 saturated carbocycles. The summed E-state index contributed by atoms with van der Waals surface area (Å²) >= 11 is 0. The van der Waals surface area contributed by atoms with Crippen molar-refractivity contribution in [2.75, 3.05) is 0 Å². The predicted molar refractivity (Wildman–Crippen MR) is 80.7 cm³/mol. The highest BCUT2D eigenvalue weighted by atomic mass is 16.5. The number of aromatic amines is 1. The smallest absolute Gasteiger partial charge is 0.198 e. The first-order chi connectivity index (χ1) is 11.4. The minimum absolute atomic E-state index is 0.480. The second-order valence-corrected chi connectivity index (χ2v) is 4.96. The number of nitrogens with zero attached hydrogens (tertiary/aromatic N) is 6. The molecule has 0 radical (unpaired) electrons. The van der Waals surface area contributed by atoms with E-state index in [0.29, 0.717) is 30.2 Å². The molecule has 0 spiro atoms. The summed E-state index contributed by atoms with van der Waals surface area (Å²) in [6.45, 7) is 0.480. The van der Waals surface area contributed by atoms with E-state index in [2.05, 4.69) is 30.7 Å². The average molecular weight is 307 g/mol. The molecule has 23 heavy (non-hydrogen) atoms. The van der Waals surface area contributed by atoms with Crippen LogP contribution in [-0.2, 0) is 13.0 Å². The fourth-order valence-electron chi connectivity index (χ4n) is 2.34. The molecule has 0 amide bonds. The zero-order valence-electron chi connectivity index (χ0n) is 12.1. The Morgan fingerprint density at radius 3 is 2.83 bits per heavy atom. The van der Waals surface area contributed by atoms with Crippen molar-refractivity contribution in [3.05, 3.63) is 65.9 Å². The first kappa shape index (κ1) is 13.4. The van der Waals surface area contributed by atoms with Crippen LogP contribution >= 0.6 is 0 Å². The van der Waals surface area contributed by atoms with Crippen molar-refractivity contribution in [2.24, 2.45) is 0 Å². The Labute approximate surface area is 131 Å². The van der Waals surface area contributed by atoms with Gasteiger partial charge in [0.25, 0.3) is 0 Å². The molecule has 1 aromatic carbocycles. The molecular weight excluding hydrogens is 294 g/mol. The van der Waals surface area contributed by atoms with E-state index >= 15 is 0 Å². The molecule has 8 heteroatoms. The van der Waals surface area contributed by atoms with Gasteiger partial charge in [0.15, 0.2) is 17.2 Å². The van der Waals surface area contributed by atoms with Gasteiger partial charge in [-0.3, -0.25) is 0 Å². The van der Waals surface area contributed by atoms with Crippen LogP contribution in [0.5, 0.6) is 5.75 Å². The number of ether oxygens (including phenoxy) is 1. The number of tetrazole rings is 1. The minimum Gasteiger partial charge on any atom is -0.485 e. The number of pyridine rings is 1. The van der Waals surface area contributed by atoms with E-state index in [9.17, 15) is 0 Å². The quantitative estimate of drug-likeness (QED) is 0.599. The highest BCUT2D eigenvalue weighted by Gasteiger charge is 2.11. The van der Waals surface area contributed by atoms with Crippen LogP contribution in [0.4, 0.5) is 0 Å². The molecule has 0 aliphatic rings. The molecule has 3 aromatic heterocycles. The van der Waals surface area contributed by atoms with Crippen molar-refractivity contribution in [2.45, 2.75) is 13.0 Å². The zero-order chi connectivity index (χ0) is 15.5. The Bertz CT molecular complexity index is 902. The van der Waals surface area contributed by atoms with Crippen molar-refractivity contribution in [3.63, 3.8) is 0 Å². The lowest BCUT2D eigenvalue weighted by atomic mass is 10.2. The molecular formula is C15H13N7O. The second kappa shape index (κ2) is 5.84. The Morgan fingerprint density at radius 1 is 1.09 bits per heavy atom. The standard InChI is InChI=1S/C15H13N7O/c1-2-4-11(5-3-1)9-23-13-7-6-12(8-14-18-20-21-19-14)22-15(13)16-10-17-22/h1-7,10H,8-9H2,(H,18,19,20,21). The summed E-state index contributed by atoms with van der Waals surface area (Å²) in [4.78, 5) is 4.28. The number of fused-ring (bicyclic) bond motifs is 1. The molecule has 0 bridgehead atoms. The molecule has 0 aliphatic heterocycles. The number of hydrogen-bond donors (Lipinski definition) is 1. The highest BCUT2D eigenvalue weighted by molar-refractivity contribution is 5.53. The largest absolute Gasteiger partial charge is 0.485 e. The summed E-state index contributed by atoms with van der Waals surface area (Å²) in [6.07, 6.45) is 2.01. The molecule has 0 unspecified atom stereocenters. The lowest BCUT2D eigenvalue weighted by molar-refractivity contribution is 0.308. The van der Waals surface area contributed by atoms with Crippen molar-refractivity contribution < 1.29 is 4.74 Å². The van der Waals surface area contributed by atoms with Gasteiger partial charge in [0, 0.05) is 0 Å². The maximum atomic E-state index is 5.88. The number of benzene rings is 1. The van der Waals surface area contributed by atoms with Crippen LogP contribution in [0.1, 0.15) is 17.1 Å². The minimum atomic E-state index is 0.480. The molecule has 114 valence electrons. The first-order valence-corrected chi connectivity index (χ1v) is 7.11. The summed E-state index contributed by atoms with van der Waals surface area (Å²) in [5.41, 5.74) is 2.67. The van der Waals surface area contributed by atoms with E-state index in [4.69, 9.17) is 4.74 Å². The van der Waals surface area contributed by atoms with Crippen molar-refractivity contribution in [1.29, 1.82) is 0 Å². The normalized spacial score (nSPS) is 11.0. The van der Waals surface area contributed by atoms with Crippen LogP contribution in [0, 0.1) is 0 Å². The Kier molecular flexibility index (Phi) is 3.39. The van der Waals surface area contributed by atoms with E-state index in [1.807, 2.05) is 42.5 Å². The van der Waals surface area contributed by atoms with Crippen LogP contribution in [0.2, 0.25) is 0 Å². The Hall–Kier alpha value is -3.29. The summed E-state index contributed by atoms with van der Waals surface area (Å²) in [5, 5.41) is 18.2. The van der Waals surface area contributed by atoms with Crippen LogP contribution in [0.15, 0.2) is 48.8 Å². The SMILES string of the molecule is c1ccc(COc2ccc(Cc3nn[nH]n3)n3ncnc23)cc1. The van der Waals surface area contributed by atoms with Gasteiger partial charge in [0.2, 0.25) is 0 Å². The summed E-state index contributed by atoms with van der Waals surface area (Å²) in [6, 6.07) is 13.8. The van der Waals surface area contributed by atoms with Crippen LogP contribution in [0.3, 0.4) is 0 Å². The Balaban J connectivity index is 1.60. The number of H-pyrrole nitrogens is 1. The Morgan fingerprint density at radius 2 is 2.00 bits per heavy atom. The third-order valence-corrected chi connectivity index (χ3v) is 3.43. The van der Waals surface area contributed by atoms with E-state index < -0.39 is 0 Å². The predicted octanol–water partition coefficient (Wildman–Crippen LogP) is 1.41. The molecule has 4 aromatic rings. The fraction of sp³-hybridized carbons (Fsp3) is 0.133. The second-order valence-electron chi connectivity index (χ2n) is 4.96. The number of nitrogens with one attached hydrogen (secondary N) is 1. The summed E-state index contributed by atoms with van der Waals surface area (Å²) < 4.78 is 7.61. The monoisotopic (exact) mass is 307 g/mol. The molecule has 0 saturated heterocycles. The topological polar surface area (TPSA) is 93.9 Å². The van der Waals surface area contributed by atoms with Crippen LogP contribution < -0.4 is 4.74 Å². The van der Waals surface area contributed by atoms with Crippen molar-refractivity contribution in [3.8, 4) is 5.75 Å². The molecule has 4 rings (SSSR count). The molecule has 0 fully saturated rings. The molecule has 8 nitrogen and oxygen atoms in total. The molecule has 1 N–H and O–H groups in total. The van der Waals surface area contributed by atoms with Gasteiger partial charge in [-0.15, -0.1) is 10.2 Å². The van der Waals surface area contributed by atoms with E-state index in [1.54, 1.807) is 4.52 Å². The van der Waals surface area contributed by atoms with E-state index in [-0.39, 0.29) is 0 Å².